The quantitative estimate of drug-likeness (QED) is 0.947. The van der Waals surface area contributed by atoms with Crippen LogP contribution < -0.4 is 9.64 Å². The van der Waals surface area contributed by atoms with Gasteiger partial charge in [-0.3, -0.25) is 4.79 Å². The van der Waals surface area contributed by atoms with Crippen molar-refractivity contribution in [3.8, 4) is 5.75 Å². The Hall–Kier alpha value is -2.33. The van der Waals surface area contributed by atoms with Crippen LogP contribution in [-0.4, -0.2) is 25.2 Å². The van der Waals surface area contributed by atoms with Crippen LogP contribution in [0.25, 0.3) is 0 Å². The van der Waals surface area contributed by atoms with Crippen molar-refractivity contribution in [1.82, 2.24) is 0 Å². The SMILES string of the molecule is COc1ccccc1C(O)c1ccc2c(c1)CCC(=O)N2C. The first-order chi connectivity index (χ1) is 10.6. The largest absolute Gasteiger partial charge is 0.496 e. The number of aliphatic hydroxyl groups excluding tert-OH is 1. The molecule has 1 aliphatic rings. The Bertz CT molecular complexity index is 711. The lowest BCUT2D eigenvalue weighted by molar-refractivity contribution is -0.118. The molecule has 1 N–H and O–H groups in total. The molecule has 2 aromatic carbocycles. The Morgan fingerprint density at radius 3 is 2.73 bits per heavy atom. The second kappa shape index (κ2) is 5.81. The number of aryl methyl sites for hydroxylation is 1. The zero-order valence-corrected chi connectivity index (χ0v) is 12.7. The van der Waals surface area contributed by atoms with E-state index in [1.807, 2.05) is 42.5 Å². The Kier molecular flexibility index (Phi) is 3.86. The Morgan fingerprint density at radius 1 is 1.18 bits per heavy atom. The number of fused-ring (bicyclic) bond motifs is 1. The molecule has 1 heterocycles. The average Bonchev–Trinajstić information content (AvgIpc) is 2.57. The molecule has 0 fully saturated rings. The van der Waals surface area contributed by atoms with E-state index in [4.69, 9.17) is 4.74 Å². The zero-order valence-electron chi connectivity index (χ0n) is 12.7. The van der Waals surface area contributed by atoms with E-state index >= 15 is 0 Å². The smallest absolute Gasteiger partial charge is 0.227 e. The van der Waals surface area contributed by atoms with E-state index in [0.717, 1.165) is 22.4 Å². The fourth-order valence-corrected chi connectivity index (χ4v) is 2.92. The fourth-order valence-electron chi connectivity index (χ4n) is 2.92. The topological polar surface area (TPSA) is 49.8 Å². The van der Waals surface area contributed by atoms with Crippen LogP contribution in [0.5, 0.6) is 5.75 Å². The summed E-state index contributed by atoms with van der Waals surface area (Å²) >= 11 is 0. The van der Waals surface area contributed by atoms with Crippen molar-refractivity contribution in [2.75, 3.05) is 19.1 Å². The van der Waals surface area contributed by atoms with Gasteiger partial charge in [0.05, 0.1) is 7.11 Å². The number of benzene rings is 2. The number of aliphatic hydroxyl groups is 1. The van der Waals surface area contributed by atoms with Crippen molar-refractivity contribution >= 4 is 11.6 Å². The van der Waals surface area contributed by atoms with Gasteiger partial charge in [0, 0.05) is 24.7 Å². The van der Waals surface area contributed by atoms with Crippen LogP contribution in [0.4, 0.5) is 5.69 Å². The monoisotopic (exact) mass is 297 g/mol. The third-order valence-electron chi connectivity index (χ3n) is 4.20. The van der Waals surface area contributed by atoms with Crippen molar-refractivity contribution in [2.45, 2.75) is 18.9 Å². The molecule has 1 atom stereocenters. The molecule has 0 saturated heterocycles. The number of nitrogens with zero attached hydrogens (tertiary/aromatic N) is 1. The molecule has 4 heteroatoms. The minimum absolute atomic E-state index is 0.130. The lowest BCUT2D eigenvalue weighted by Crippen LogP contribution is -2.31. The van der Waals surface area contributed by atoms with E-state index in [1.165, 1.54) is 0 Å². The first-order valence-corrected chi connectivity index (χ1v) is 7.32. The highest BCUT2D eigenvalue weighted by Crippen LogP contribution is 2.34. The summed E-state index contributed by atoms with van der Waals surface area (Å²) in [6.45, 7) is 0. The number of hydrogen-bond donors (Lipinski definition) is 1. The summed E-state index contributed by atoms with van der Waals surface area (Å²) in [7, 11) is 3.38. The third kappa shape index (κ3) is 2.46. The standard InChI is InChI=1S/C18H19NO3/c1-19-15-9-7-13(11-12(15)8-10-17(19)20)18(21)14-5-3-4-6-16(14)22-2/h3-7,9,11,18,21H,8,10H2,1-2H3. The maximum atomic E-state index is 11.7. The van der Waals surface area contributed by atoms with Crippen LogP contribution in [0.3, 0.4) is 0 Å². The number of amides is 1. The van der Waals surface area contributed by atoms with Crippen molar-refractivity contribution in [1.29, 1.82) is 0 Å². The number of para-hydroxylation sites is 1. The molecule has 0 spiro atoms. The molecule has 1 amide bonds. The zero-order chi connectivity index (χ0) is 15.7. The fraction of sp³-hybridized carbons (Fsp3) is 0.278. The number of carbonyl (C=O) groups excluding carboxylic acids is 1. The maximum absolute atomic E-state index is 11.7. The van der Waals surface area contributed by atoms with E-state index in [9.17, 15) is 9.90 Å². The summed E-state index contributed by atoms with van der Waals surface area (Å²) in [5.74, 6) is 0.797. The van der Waals surface area contributed by atoms with Gasteiger partial charge in [0.25, 0.3) is 0 Å². The lowest BCUT2D eigenvalue weighted by Gasteiger charge is -2.27. The van der Waals surface area contributed by atoms with Crippen molar-refractivity contribution in [3.63, 3.8) is 0 Å². The van der Waals surface area contributed by atoms with E-state index in [2.05, 4.69) is 0 Å². The van der Waals surface area contributed by atoms with Gasteiger partial charge < -0.3 is 14.7 Å². The molecule has 0 bridgehead atoms. The highest BCUT2D eigenvalue weighted by Gasteiger charge is 2.23. The Morgan fingerprint density at radius 2 is 1.95 bits per heavy atom. The van der Waals surface area contributed by atoms with Crippen molar-refractivity contribution < 1.29 is 14.6 Å². The summed E-state index contributed by atoms with van der Waals surface area (Å²) in [5, 5.41) is 10.7. The Balaban J connectivity index is 1.97. The van der Waals surface area contributed by atoms with Crippen LogP contribution >= 0.6 is 0 Å². The first kappa shape index (κ1) is 14.6. The molecule has 0 saturated carbocycles. The van der Waals surface area contributed by atoms with Crippen LogP contribution in [0.15, 0.2) is 42.5 Å². The summed E-state index contributed by atoms with van der Waals surface area (Å²) in [4.78, 5) is 13.4. The Labute approximate surface area is 130 Å². The summed E-state index contributed by atoms with van der Waals surface area (Å²) in [5.41, 5.74) is 3.57. The molecule has 2 aromatic rings. The maximum Gasteiger partial charge on any atom is 0.227 e. The van der Waals surface area contributed by atoms with Gasteiger partial charge in [-0.25, -0.2) is 0 Å². The van der Waals surface area contributed by atoms with Gasteiger partial charge in [-0.15, -0.1) is 0 Å². The number of rotatable bonds is 3. The third-order valence-corrected chi connectivity index (χ3v) is 4.20. The molecular weight excluding hydrogens is 278 g/mol. The van der Waals surface area contributed by atoms with E-state index in [1.54, 1.807) is 19.1 Å². The number of hydrogen-bond acceptors (Lipinski definition) is 3. The van der Waals surface area contributed by atoms with E-state index < -0.39 is 6.10 Å². The lowest BCUT2D eigenvalue weighted by atomic mass is 9.94. The van der Waals surface area contributed by atoms with Crippen LogP contribution in [-0.2, 0) is 11.2 Å². The van der Waals surface area contributed by atoms with E-state index in [0.29, 0.717) is 18.6 Å². The second-order valence-electron chi connectivity index (χ2n) is 5.49. The molecule has 22 heavy (non-hydrogen) atoms. The summed E-state index contributed by atoms with van der Waals surface area (Å²) < 4.78 is 5.32. The van der Waals surface area contributed by atoms with Gasteiger partial charge in [0.1, 0.15) is 11.9 Å². The highest BCUT2D eigenvalue weighted by molar-refractivity contribution is 5.95. The number of methoxy groups -OCH3 is 1. The molecule has 0 aliphatic carbocycles. The molecule has 1 unspecified atom stereocenters. The van der Waals surface area contributed by atoms with Gasteiger partial charge in [-0.1, -0.05) is 30.3 Å². The van der Waals surface area contributed by atoms with Gasteiger partial charge in [-0.05, 0) is 29.7 Å². The molecule has 4 nitrogen and oxygen atoms in total. The average molecular weight is 297 g/mol. The summed E-state index contributed by atoms with van der Waals surface area (Å²) in [6.07, 6.45) is 0.479. The van der Waals surface area contributed by atoms with Crippen molar-refractivity contribution in [2.24, 2.45) is 0 Å². The highest BCUT2D eigenvalue weighted by atomic mass is 16.5. The van der Waals surface area contributed by atoms with Crippen LogP contribution in [0.1, 0.15) is 29.2 Å². The van der Waals surface area contributed by atoms with Gasteiger partial charge >= 0.3 is 0 Å². The van der Waals surface area contributed by atoms with Crippen molar-refractivity contribution in [3.05, 3.63) is 59.2 Å². The van der Waals surface area contributed by atoms with Gasteiger partial charge in [-0.2, -0.15) is 0 Å². The van der Waals surface area contributed by atoms with Gasteiger partial charge in [0.15, 0.2) is 0 Å². The molecule has 0 aromatic heterocycles. The minimum atomic E-state index is -0.746. The number of ether oxygens (including phenoxy) is 1. The number of anilines is 1. The summed E-state index contributed by atoms with van der Waals surface area (Å²) in [6, 6.07) is 13.2. The normalized spacial score (nSPS) is 15.4. The minimum Gasteiger partial charge on any atom is -0.496 e. The predicted molar refractivity (Wildman–Crippen MR) is 85.2 cm³/mol. The van der Waals surface area contributed by atoms with Crippen LogP contribution in [0.2, 0.25) is 0 Å². The molecule has 0 radical (unpaired) electrons. The van der Waals surface area contributed by atoms with Crippen LogP contribution in [0, 0.1) is 0 Å². The molecule has 1 aliphatic heterocycles. The second-order valence-corrected chi connectivity index (χ2v) is 5.49. The van der Waals surface area contributed by atoms with Gasteiger partial charge in [0.2, 0.25) is 5.91 Å². The predicted octanol–water partition coefficient (Wildman–Crippen LogP) is 2.69. The number of carbonyl (C=O) groups is 1. The molecule has 114 valence electrons. The molecule has 3 rings (SSSR count). The molecular formula is C18H19NO3. The first-order valence-electron chi connectivity index (χ1n) is 7.32. The van der Waals surface area contributed by atoms with E-state index in [-0.39, 0.29) is 5.91 Å².